The molecule has 1 rings (SSSR count). The molecular weight excluding hydrogens is 220 g/mol. The van der Waals surface area contributed by atoms with Gasteiger partial charge >= 0.3 is 0 Å². The van der Waals surface area contributed by atoms with Gasteiger partial charge in [0.25, 0.3) is 5.69 Å². The Morgan fingerprint density at radius 2 is 2.24 bits per heavy atom. The van der Waals surface area contributed by atoms with Crippen molar-refractivity contribution in [2.24, 2.45) is 5.92 Å². The fraction of sp³-hybridized carbons (Fsp3) is 0.500. The number of nitro groups is 1. The molecule has 0 aliphatic rings. The van der Waals surface area contributed by atoms with E-state index in [0.29, 0.717) is 17.4 Å². The molecule has 1 N–H and O–H groups in total. The first kappa shape index (κ1) is 13.3. The molecule has 5 nitrogen and oxygen atoms in total. The lowest BCUT2D eigenvalue weighted by Gasteiger charge is -2.12. The number of nitro benzene ring substituents is 1. The summed E-state index contributed by atoms with van der Waals surface area (Å²) in [5, 5.41) is 14.0. The fourth-order valence-electron chi connectivity index (χ4n) is 1.37. The lowest BCUT2D eigenvalue weighted by molar-refractivity contribution is -0.384. The van der Waals surface area contributed by atoms with Crippen LogP contribution in [0.2, 0.25) is 0 Å². The van der Waals surface area contributed by atoms with E-state index in [9.17, 15) is 10.1 Å². The number of nitrogens with zero attached hydrogens (tertiary/aromatic N) is 1. The molecule has 17 heavy (non-hydrogen) atoms. The second-order valence-electron chi connectivity index (χ2n) is 4.03. The van der Waals surface area contributed by atoms with Gasteiger partial charge in [-0.3, -0.25) is 10.1 Å². The Labute approximate surface area is 101 Å². The van der Waals surface area contributed by atoms with Crippen LogP contribution in [0.1, 0.15) is 20.3 Å². The zero-order chi connectivity index (χ0) is 12.8. The van der Waals surface area contributed by atoms with Gasteiger partial charge in [0.05, 0.1) is 18.1 Å². The fourth-order valence-corrected chi connectivity index (χ4v) is 1.37. The predicted octanol–water partition coefficient (Wildman–Crippen LogP) is 3.06. The largest absolute Gasteiger partial charge is 0.496 e. The van der Waals surface area contributed by atoms with Gasteiger partial charge in [-0.1, -0.05) is 20.3 Å². The number of benzene rings is 1. The van der Waals surface area contributed by atoms with Gasteiger partial charge in [-0.05, 0) is 18.1 Å². The van der Waals surface area contributed by atoms with Crippen LogP contribution in [-0.4, -0.2) is 18.6 Å². The summed E-state index contributed by atoms with van der Waals surface area (Å²) in [6, 6.07) is 4.82. The third kappa shape index (κ3) is 3.62. The van der Waals surface area contributed by atoms with E-state index in [1.807, 2.05) is 0 Å². The summed E-state index contributed by atoms with van der Waals surface area (Å²) in [4.78, 5) is 10.5. The minimum Gasteiger partial charge on any atom is -0.496 e. The predicted molar refractivity (Wildman–Crippen MR) is 67.6 cm³/mol. The standard InChI is InChI=1S/C12H18N2O3/c1-4-9(2)8-13-11-6-5-10(17-3)7-12(11)14(15)16/h5-7,9,13H,4,8H2,1-3H3. The zero-order valence-corrected chi connectivity index (χ0v) is 10.4. The first-order valence-corrected chi connectivity index (χ1v) is 5.64. The highest BCUT2D eigenvalue weighted by Crippen LogP contribution is 2.29. The molecule has 0 radical (unpaired) electrons. The third-order valence-corrected chi connectivity index (χ3v) is 2.74. The minimum atomic E-state index is -0.401. The number of hydrogen-bond donors (Lipinski definition) is 1. The van der Waals surface area contributed by atoms with Gasteiger partial charge in [-0.15, -0.1) is 0 Å². The topological polar surface area (TPSA) is 64.4 Å². The van der Waals surface area contributed by atoms with Crippen molar-refractivity contribution >= 4 is 11.4 Å². The Morgan fingerprint density at radius 3 is 2.76 bits per heavy atom. The van der Waals surface area contributed by atoms with E-state index in [-0.39, 0.29) is 5.69 Å². The number of methoxy groups -OCH3 is 1. The van der Waals surface area contributed by atoms with E-state index in [1.54, 1.807) is 12.1 Å². The van der Waals surface area contributed by atoms with E-state index < -0.39 is 4.92 Å². The molecule has 5 heteroatoms. The molecule has 1 unspecified atom stereocenters. The van der Waals surface area contributed by atoms with E-state index in [2.05, 4.69) is 19.2 Å². The van der Waals surface area contributed by atoms with Crippen LogP contribution in [0.15, 0.2) is 18.2 Å². The summed E-state index contributed by atoms with van der Waals surface area (Å²) in [6.45, 7) is 4.92. The molecule has 1 aromatic rings. The molecule has 0 aliphatic heterocycles. The van der Waals surface area contributed by atoms with Gasteiger partial charge in [0.2, 0.25) is 0 Å². The van der Waals surface area contributed by atoms with Crippen LogP contribution >= 0.6 is 0 Å². The molecule has 0 amide bonds. The lowest BCUT2D eigenvalue weighted by Crippen LogP contribution is -2.11. The van der Waals surface area contributed by atoms with Crippen LogP contribution in [0.4, 0.5) is 11.4 Å². The Kier molecular flexibility index (Phi) is 4.75. The van der Waals surface area contributed by atoms with Crippen molar-refractivity contribution in [1.29, 1.82) is 0 Å². The van der Waals surface area contributed by atoms with Gasteiger partial charge in [0.15, 0.2) is 0 Å². The molecule has 0 spiro atoms. The van der Waals surface area contributed by atoms with Crippen molar-refractivity contribution in [2.45, 2.75) is 20.3 Å². The SMILES string of the molecule is CCC(C)CNc1ccc(OC)cc1[N+](=O)[O-]. The number of ether oxygens (including phenoxy) is 1. The molecule has 0 aliphatic carbocycles. The van der Waals surface area contributed by atoms with Crippen molar-refractivity contribution in [3.05, 3.63) is 28.3 Å². The Bertz CT molecular complexity index is 393. The van der Waals surface area contributed by atoms with Crippen LogP contribution in [-0.2, 0) is 0 Å². The van der Waals surface area contributed by atoms with Crippen molar-refractivity contribution in [3.8, 4) is 5.75 Å². The molecule has 0 bridgehead atoms. The maximum Gasteiger partial charge on any atom is 0.296 e. The number of nitrogens with one attached hydrogen (secondary N) is 1. The number of anilines is 1. The van der Waals surface area contributed by atoms with E-state index in [4.69, 9.17) is 4.74 Å². The van der Waals surface area contributed by atoms with Crippen LogP contribution in [0.5, 0.6) is 5.75 Å². The minimum absolute atomic E-state index is 0.0488. The first-order valence-electron chi connectivity index (χ1n) is 5.64. The summed E-state index contributed by atoms with van der Waals surface area (Å²) in [7, 11) is 1.49. The van der Waals surface area contributed by atoms with Crippen molar-refractivity contribution in [3.63, 3.8) is 0 Å². The Balaban J connectivity index is 2.87. The Morgan fingerprint density at radius 1 is 1.53 bits per heavy atom. The van der Waals surface area contributed by atoms with E-state index in [1.165, 1.54) is 13.2 Å². The summed E-state index contributed by atoms with van der Waals surface area (Å²) in [6.07, 6.45) is 1.04. The molecule has 0 saturated carbocycles. The van der Waals surface area contributed by atoms with Crippen LogP contribution in [0.3, 0.4) is 0 Å². The zero-order valence-electron chi connectivity index (χ0n) is 10.4. The van der Waals surface area contributed by atoms with Crippen molar-refractivity contribution in [2.75, 3.05) is 19.0 Å². The summed E-state index contributed by atoms with van der Waals surface area (Å²) in [5.74, 6) is 0.975. The second-order valence-corrected chi connectivity index (χ2v) is 4.03. The van der Waals surface area contributed by atoms with Gasteiger partial charge in [0, 0.05) is 6.54 Å². The number of hydrogen-bond acceptors (Lipinski definition) is 4. The van der Waals surface area contributed by atoms with Crippen LogP contribution < -0.4 is 10.1 Å². The van der Waals surface area contributed by atoms with E-state index in [0.717, 1.165) is 13.0 Å². The third-order valence-electron chi connectivity index (χ3n) is 2.74. The highest BCUT2D eigenvalue weighted by atomic mass is 16.6. The van der Waals surface area contributed by atoms with Crippen LogP contribution in [0.25, 0.3) is 0 Å². The van der Waals surface area contributed by atoms with Crippen molar-refractivity contribution < 1.29 is 9.66 Å². The number of rotatable bonds is 6. The lowest BCUT2D eigenvalue weighted by atomic mass is 10.1. The molecular formula is C12H18N2O3. The molecule has 1 aromatic carbocycles. The molecule has 0 heterocycles. The summed E-state index contributed by atoms with van der Waals surface area (Å²) in [5.41, 5.74) is 0.587. The maximum atomic E-state index is 10.9. The smallest absolute Gasteiger partial charge is 0.296 e. The van der Waals surface area contributed by atoms with Gasteiger partial charge in [0.1, 0.15) is 11.4 Å². The van der Waals surface area contributed by atoms with Crippen molar-refractivity contribution in [1.82, 2.24) is 0 Å². The van der Waals surface area contributed by atoms with Gasteiger partial charge < -0.3 is 10.1 Å². The molecule has 0 saturated heterocycles. The highest BCUT2D eigenvalue weighted by molar-refractivity contribution is 5.63. The Hall–Kier alpha value is -1.78. The average molecular weight is 238 g/mol. The van der Waals surface area contributed by atoms with E-state index >= 15 is 0 Å². The molecule has 1 atom stereocenters. The highest BCUT2D eigenvalue weighted by Gasteiger charge is 2.15. The monoisotopic (exact) mass is 238 g/mol. The molecule has 0 aromatic heterocycles. The summed E-state index contributed by atoms with van der Waals surface area (Å²) >= 11 is 0. The average Bonchev–Trinajstić information content (AvgIpc) is 2.35. The normalized spacial score (nSPS) is 11.9. The van der Waals surface area contributed by atoms with Crippen LogP contribution in [0, 0.1) is 16.0 Å². The first-order chi connectivity index (χ1) is 8.08. The maximum absolute atomic E-state index is 10.9. The molecule has 94 valence electrons. The van der Waals surface area contributed by atoms with Gasteiger partial charge in [-0.2, -0.15) is 0 Å². The summed E-state index contributed by atoms with van der Waals surface area (Å²) < 4.78 is 4.97. The molecule has 0 fully saturated rings. The van der Waals surface area contributed by atoms with Gasteiger partial charge in [-0.25, -0.2) is 0 Å². The quantitative estimate of drug-likeness (QED) is 0.611. The second kappa shape index (κ2) is 6.08.